The highest BCUT2D eigenvalue weighted by molar-refractivity contribution is 5.94. The number of ether oxygens (including phenoxy) is 1. The van der Waals surface area contributed by atoms with Crippen molar-refractivity contribution in [1.82, 2.24) is 10.2 Å². The molecule has 1 aliphatic heterocycles. The molecule has 6 nitrogen and oxygen atoms in total. The molecule has 6 heteroatoms. The Bertz CT molecular complexity index is 746. The molecule has 0 saturated heterocycles. The Balaban J connectivity index is 2.03. The first-order chi connectivity index (χ1) is 11.4. The lowest BCUT2D eigenvalue weighted by atomic mass is 9.79. The topological polar surface area (TPSA) is 87.2 Å². The van der Waals surface area contributed by atoms with Gasteiger partial charge in [-0.1, -0.05) is 32.9 Å². The van der Waals surface area contributed by atoms with Gasteiger partial charge < -0.3 is 15.2 Å². The predicted molar refractivity (Wildman–Crippen MR) is 91.4 cm³/mol. The van der Waals surface area contributed by atoms with Gasteiger partial charge in [0.25, 0.3) is 0 Å². The average Bonchev–Trinajstić information content (AvgIpc) is 2.96. The summed E-state index contributed by atoms with van der Waals surface area (Å²) in [5.41, 5.74) is 2.98. The van der Waals surface area contributed by atoms with Crippen molar-refractivity contribution in [3.05, 3.63) is 41.1 Å². The molecule has 0 spiro atoms. The van der Waals surface area contributed by atoms with E-state index in [2.05, 4.69) is 36.3 Å². The van der Waals surface area contributed by atoms with Crippen molar-refractivity contribution in [1.29, 1.82) is 0 Å². The van der Waals surface area contributed by atoms with Crippen LogP contribution in [0.3, 0.4) is 0 Å². The van der Waals surface area contributed by atoms with Crippen LogP contribution in [-0.4, -0.2) is 34.4 Å². The molecule has 1 aromatic heterocycles. The highest BCUT2D eigenvalue weighted by atomic mass is 16.5. The minimum atomic E-state index is -0.105. The molecule has 1 amide bonds. The minimum Gasteiger partial charge on any atom is -0.491 e. The summed E-state index contributed by atoms with van der Waals surface area (Å²) in [7, 11) is 0. The van der Waals surface area contributed by atoms with E-state index in [-0.39, 0.29) is 30.5 Å². The fraction of sp³-hybridized carbons (Fsp3) is 0.444. The standard InChI is InChI=1S/C18H23N3O3/c1-18(2,3)16-15-13(10-14(23)19-17(15)21-20-16)11-5-4-6-12(9-11)24-8-7-22/h4-6,9,13,22H,7-8,10H2,1-3H3,(H2,19,20,21,23). The van der Waals surface area contributed by atoms with Gasteiger partial charge in [-0.2, -0.15) is 5.10 Å². The molecule has 1 aliphatic rings. The Morgan fingerprint density at radius 1 is 1.38 bits per heavy atom. The van der Waals surface area contributed by atoms with Gasteiger partial charge in [0.2, 0.25) is 5.91 Å². The molecule has 2 aromatic rings. The van der Waals surface area contributed by atoms with E-state index in [0.29, 0.717) is 18.0 Å². The fourth-order valence-corrected chi connectivity index (χ4v) is 3.10. The number of carbonyl (C=O) groups is 1. The molecule has 0 aliphatic carbocycles. The molecule has 2 heterocycles. The number of amides is 1. The van der Waals surface area contributed by atoms with Crippen LogP contribution in [0.2, 0.25) is 0 Å². The number of nitrogens with one attached hydrogen (secondary N) is 2. The molecule has 0 bridgehead atoms. The van der Waals surface area contributed by atoms with Crippen molar-refractivity contribution >= 4 is 11.7 Å². The zero-order valence-electron chi connectivity index (χ0n) is 14.2. The number of anilines is 1. The normalized spacial score (nSPS) is 17.3. The van der Waals surface area contributed by atoms with Gasteiger partial charge in [-0.05, 0) is 17.7 Å². The number of fused-ring (bicyclic) bond motifs is 1. The van der Waals surface area contributed by atoms with E-state index in [1.54, 1.807) is 0 Å². The number of hydrogen-bond donors (Lipinski definition) is 3. The summed E-state index contributed by atoms with van der Waals surface area (Å²) in [6.45, 7) is 6.58. The van der Waals surface area contributed by atoms with E-state index in [1.807, 2.05) is 24.3 Å². The minimum absolute atomic E-state index is 0.0316. The van der Waals surface area contributed by atoms with Gasteiger partial charge in [0.05, 0.1) is 6.61 Å². The van der Waals surface area contributed by atoms with E-state index in [1.165, 1.54) is 0 Å². The summed E-state index contributed by atoms with van der Waals surface area (Å²) in [6, 6.07) is 7.69. The molecule has 0 fully saturated rings. The number of hydrogen-bond acceptors (Lipinski definition) is 4. The zero-order valence-corrected chi connectivity index (χ0v) is 14.2. The van der Waals surface area contributed by atoms with Gasteiger partial charge in [0.15, 0.2) is 5.82 Å². The molecular weight excluding hydrogens is 306 g/mol. The molecule has 128 valence electrons. The second-order valence-electron chi connectivity index (χ2n) is 7.06. The maximum atomic E-state index is 12.1. The molecular formula is C18H23N3O3. The third kappa shape index (κ3) is 3.14. The molecule has 1 unspecified atom stereocenters. The van der Waals surface area contributed by atoms with Crippen LogP contribution >= 0.6 is 0 Å². The second-order valence-corrected chi connectivity index (χ2v) is 7.06. The van der Waals surface area contributed by atoms with E-state index in [4.69, 9.17) is 9.84 Å². The fourth-order valence-electron chi connectivity index (χ4n) is 3.10. The zero-order chi connectivity index (χ0) is 17.3. The molecule has 1 atom stereocenters. The Kier molecular flexibility index (Phi) is 4.32. The first-order valence-corrected chi connectivity index (χ1v) is 8.12. The van der Waals surface area contributed by atoms with Crippen molar-refractivity contribution in [3.8, 4) is 5.75 Å². The molecule has 0 saturated carbocycles. The number of H-pyrrole nitrogens is 1. The number of aromatic nitrogens is 2. The van der Waals surface area contributed by atoms with E-state index < -0.39 is 0 Å². The lowest BCUT2D eigenvalue weighted by molar-refractivity contribution is -0.116. The summed E-state index contributed by atoms with van der Waals surface area (Å²) < 4.78 is 5.51. The highest BCUT2D eigenvalue weighted by Gasteiger charge is 2.35. The number of nitrogens with zero attached hydrogens (tertiary/aromatic N) is 1. The lowest BCUT2D eigenvalue weighted by Crippen LogP contribution is -2.25. The van der Waals surface area contributed by atoms with Gasteiger partial charge in [-0.25, -0.2) is 0 Å². The number of aromatic amines is 1. The van der Waals surface area contributed by atoms with Crippen molar-refractivity contribution in [2.75, 3.05) is 18.5 Å². The van der Waals surface area contributed by atoms with Gasteiger partial charge in [0, 0.05) is 29.0 Å². The Hall–Kier alpha value is -2.34. The van der Waals surface area contributed by atoms with Crippen LogP contribution in [0.5, 0.6) is 5.75 Å². The summed E-state index contributed by atoms with van der Waals surface area (Å²) in [5.74, 6) is 1.19. The SMILES string of the molecule is CC(C)(C)c1[nH]nc2c1C(c1cccc(OCCO)c1)CC(=O)N2. The van der Waals surface area contributed by atoms with Gasteiger partial charge in [-0.3, -0.25) is 9.89 Å². The van der Waals surface area contributed by atoms with E-state index >= 15 is 0 Å². The summed E-state index contributed by atoms with van der Waals surface area (Å²) in [6.07, 6.45) is 0.374. The van der Waals surface area contributed by atoms with Gasteiger partial charge >= 0.3 is 0 Å². The van der Waals surface area contributed by atoms with Gasteiger partial charge in [0.1, 0.15) is 12.4 Å². The average molecular weight is 329 g/mol. The molecule has 0 radical (unpaired) electrons. The summed E-state index contributed by atoms with van der Waals surface area (Å²) >= 11 is 0. The number of benzene rings is 1. The van der Waals surface area contributed by atoms with Crippen LogP contribution in [0.1, 0.15) is 49.9 Å². The molecule has 24 heavy (non-hydrogen) atoms. The van der Waals surface area contributed by atoms with Crippen molar-refractivity contribution in [2.24, 2.45) is 0 Å². The summed E-state index contributed by atoms with van der Waals surface area (Å²) in [4.78, 5) is 12.1. The third-order valence-corrected chi connectivity index (χ3v) is 4.17. The maximum absolute atomic E-state index is 12.1. The van der Waals surface area contributed by atoms with Crippen molar-refractivity contribution in [2.45, 2.75) is 38.5 Å². The predicted octanol–water partition coefficient (Wildman–Crippen LogP) is 2.55. The second kappa shape index (κ2) is 6.28. The number of carbonyl (C=O) groups excluding carboxylic acids is 1. The monoisotopic (exact) mass is 329 g/mol. The highest BCUT2D eigenvalue weighted by Crippen LogP contribution is 2.42. The maximum Gasteiger partial charge on any atom is 0.226 e. The third-order valence-electron chi connectivity index (χ3n) is 4.17. The molecule has 1 aromatic carbocycles. The van der Waals surface area contributed by atoms with Crippen LogP contribution < -0.4 is 10.1 Å². The Morgan fingerprint density at radius 2 is 2.17 bits per heavy atom. The van der Waals surface area contributed by atoms with E-state index in [9.17, 15) is 4.79 Å². The number of aliphatic hydroxyl groups is 1. The quantitative estimate of drug-likeness (QED) is 0.804. The first kappa shape index (κ1) is 16.5. The van der Waals surface area contributed by atoms with Crippen LogP contribution in [-0.2, 0) is 10.2 Å². The lowest BCUT2D eigenvalue weighted by Gasteiger charge is -2.27. The number of rotatable bonds is 4. The smallest absolute Gasteiger partial charge is 0.226 e. The Labute approximate surface area is 141 Å². The van der Waals surface area contributed by atoms with Crippen LogP contribution in [0.4, 0.5) is 5.82 Å². The van der Waals surface area contributed by atoms with Crippen molar-refractivity contribution in [3.63, 3.8) is 0 Å². The van der Waals surface area contributed by atoms with Crippen LogP contribution in [0.15, 0.2) is 24.3 Å². The molecule has 3 N–H and O–H groups in total. The van der Waals surface area contributed by atoms with Gasteiger partial charge in [-0.15, -0.1) is 0 Å². The van der Waals surface area contributed by atoms with Crippen LogP contribution in [0.25, 0.3) is 0 Å². The molecule has 3 rings (SSSR count). The largest absolute Gasteiger partial charge is 0.491 e. The van der Waals surface area contributed by atoms with Crippen LogP contribution in [0, 0.1) is 0 Å². The van der Waals surface area contributed by atoms with E-state index in [0.717, 1.165) is 16.8 Å². The number of aliphatic hydroxyl groups excluding tert-OH is 1. The summed E-state index contributed by atoms with van der Waals surface area (Å²) in [5, 5.41) is 19.2. The first-order valence-electron chi connectivity index (χ1n) is 8.12. The Morgan fingerprint density at radius 3 is 2.88 bits per heavy atom. The van der Waals surface area contributed by atoms with Crippen molar-refractivity contribution < 1.29 is 14.6 Å².